The number of nitrogens with zero attached hydrogens (tertiary/aromatic N) is 2. The van der Waals surface area contributed by atoms with Gasteiger partial charge in [-0.1, -0.05) is 27.7 Å². The lowest BCUT2D eigenvalue weighted by molar-refractivity contribution is -0.161. The maximum absolute atomic E-state index is 11.8. The minimum absolute atomic E-state index is 0.324. The van der Waals surface area contributed by atoms with E-state index in [4.69, 9.17) is 10.5 Å². The minimum Gasteiger partial charge on any atom is -0.443 e. The number of hydrogen-bond acceptors (Lipinski definition) is 7. The van der Waals surface area contributed by atoms with E-state index in [0.717, 1.165) is 32.7 Å². The third-order valence-corrected chi connectivity index (χ3v) is 3.90. The predicted molar refractivity (Wildman–Crippen MR) is 93.3 cm³/mol. The molecule has 0 radical (unpaired) electrons. The summed E-state index contributed by atoms with van der Waals surface area (Å²) in [6, 6.07) is 0. The van der Waals surface area contributed by atoms with Crippen molar-refractivity contribution in [3.05, 3.63) is 0 Å². The van der Waals surface area contributed by atoms with E-state index in [1.807, 2.05) is 32.6 Å². The molecule has 0 saturated heterocycles. The number of nitrogens with one attached hydrogen (secondary N) is 1. The molecule has 24 heavy (non-hydrogen) atoms. The molecule has 8 nitrogen and oxygen atoms in total. The summed E-state index contributed by atoms with van der Waals surface area (Å²) in [6.07, 6.45) is -2.64. The second-order valence-electron chi connectivity index (χ2n) is 5.56. The molecule has 0 fully saturated rings. The van der Waals surface area contributed by atoms with Gasteiger partial charge in [-0.3, -0.25) is 15.4 Å². The third kappa shape index (κ3) is 9.82. The van der Waals surface area contributed by atoms with Crippen LogP contribution >= 0.6 is 0 Å². The zero-order valence-electron chi connectivity index (χ0n) is 15.5. The molecule has 0 spiro atoms. The second kappa shape index (κ2) is 13.1. The number of amides is 1. The average Bonchev–Trinajstić information content (AvgIpc) is 2.56. The predicted octanol–water partition coefficient (Wildman–Crippen LogP) is -0.635. The summed E-state index contributed by atoms with van der Waals surface area (Å²) >= 11 is 0. The molecule has 0 aromatic carbocycles. The van der Waals surface area contributed by atoms with Crippen LogP contribution in [0.4, 0.5) is 0 Å². The summed E-state index contributed by atoms with van der Waals surface area (Å²) in [5.41, 5.74) is 5.74. The van der Waals surface area contributed by atoms with Crippen molar-refractivity contribution in [2.24, 2.45) is 5.73 Å². The molecule has 0 aliphatic rings. The van der Waals surface area contributed by atoms with Crippen LogP contribution < -0.4 is 11.1 Å². The highest BCUT2D eigenvalue weighted by Gasteiger charge is 2.23. The van der Waals surface area contributed by atoms with E-state index in [1.54, 1.807) is 0 Å². The van der Waals surface area contributed by atoms with Crippen LogP contribution in [0.2, 0.25) is 0 Å². The highest BCUT2D eigenvalue weighted by molar-refractivity contribution is 5.84. The molecule has 0 aromatic rings. The Labute approximate surface area is 145 Å². The highest BCUT2D eigenvalue weighted by Crippen LogP contribution is 1.99. The molecular formula is C16H34N4O4. The molecular weight excluding hydrogens is 312 g/mol. The van der Waals surface area contributed by atoms with Gasteiger partial charge in [0.2, 0.25) is 5.91 Å². The lowest BCUT2D eigenvalue weighted by atomic mass is 10.2. The Bertz CT molecular complexity index is 360. The number of aliphatic hydroxyl groups is 1. The fourth-order valence-electron chi connectivity index (χ4n) is 2.23. The standard InChI is InChI=1S/C16H34N4O4/c1-5-19(6-2)10-9-18-15(22)11-13(21)16(23)24-14(17)12-20(7-3)8-4/h13-14,21H,5-12,17H2,1-4H3,(H,18,22). The zero-order valence-corrected chi connectivity index (χ0v) is 15.5. The molecule has 4 N–H and O–H groups in total. The van der Waals surface area contributed by atoms with Gasteiger partial charge in [0.1, 0.15) is 0 Å². The van der Waals surface area contributed by atoms with E-state index < -0.39 is 18.3 Å². The lowest BCUT2D eigenvalue weighted by Gasteiger charge is -2.23. The Morgan fingerprint density at radius 2 is 1.62 bits per heavy atom. The minimum atomic E-state index is -1.50. The van der Waals surface area contributed by atoms with Crippen LogP contribution in [-0.2, 0) is 14.3 Å². The van der Waals surface area contributed by atoms with Crippen LogP contribution in [0.25, 0.3) is 0 Å². The van der Waals surface area contributed by atoms with Gasteiger partial charge in [0.05, 0.1) is 6.42 Å². The first-order valence-electron chi connectivity index (χ1n) is 8.73. The van der Waals surface area contributed by atoms with E-state index in [2.05, 4.69) is 10.2 Å². The highest BCUT2D eigenvalue weighted by atomic mass is 16.6. The summed E-state index contributed by atoms with van der Waals surface area (Å²) in [5, 5.41) is 12.5. The Hall–Kier alpha value is -1.22. The quantitative estimate of drug-likeness (QED) is 0.301. The van der Waals surface area contributed by atoms with Crippen molar-refractivity contribution >= 4 is 11.9 Å². The number of hydrogen-bond donors (Lipinski definition) is 3. The summed E-state index contributed by atoms with van der Waals surface area (Å²) in [6.45, 7) is 13.1. The third-order valence-electron chi connectivity index (χ3n) is 3.90. The van der Waals surface area contributed by atoms with E-state index in [0.29, 0.717) is 13.1 Å². The SMILES string of the molecule is CCN(CC)CCNC(=O)CC(O)C(=O)OC(N)CN(CC)CC. The molecule has 0 saturated carbocycles. The van der Waals surface area contributed by atoms with E-state index in [1.165, 1.54) is 0 Å². The molecule has 142 valence electrons. The van der Waals surface area contributed by atoms with Crippen molar-refractivity contribution in [3.63, 3.8) is 0 Å². The molecule has 0 rings (SSSR count). The number of esters is 1. The maximum atomic E-state index is 11.8. The maximum Gasteiger partial charge on any atom is 0.337 e. The molecule has 2 atom stereocenters. The number of likely N-dealkylation sites (N-methyl/N-ethyl adjacent to an activating group) is 2. The van der Waals surface area contributed by atoms with Gasteiger partial charge in [-0.25, -0.2) is 4.79 Å². The van der Waals surface area contributed by atoms with Gasteiger partial charge in [0.25, 0.3) is 0 Å². The van der Waals surface area contributed by atoms with Gasteiger partial charge in [-0.15, -0.1) is 0 Å². The molecule has 0 aromatic heterocycles. The number of ether oxygens (including phenoxy) is 1. The molecule has 8 heteroatoms. The Morgan fingerprint density at radius 1 is 1.08 bits per heavy atom. The van der Waals surface area contributed by atoms with E-state index in [-0.39, 0.29) is 12.3 Å². The molecule has 0 bridgehead atoms. The van der Waals surface area contributed by atoms with Crippen molar-refractivity contribution in [1.29, 1.82) is 0 Å². The van der Waals surface area contributed by atoms with Crippen LogP contribution in [0.15, 0.2) is 0 Å². The number of carbonyl (C=O) groups is 2. The Balaban J connectivity index is 4.09. The van der Waals surface area contributed by atoms with Gasteiger partial charge in [-0.2, -0.15) is 0 Å². The van der Waals surface area contributed by atoms with Crippen molar-refractivity contribution in [2.75, 3.05) is 45.8 Å². The molecule has 0 heterocycles. The van der Waals surface area contributed by atoms with Crippen LogP contribution in [0.1, 0.15) is 34.1 Å². The average molecular weight is 346 g/mol. The van der Waals surface area contributed by atoms with E-state index in [9.17, 15) is 14.7 Å². The summed E-state index contributed by atoms with van der Waals surface area (Å²) in [4.78, 5) is 27.7. The summed E-state index contributed by atoms with van der Waals surface area (Å²) < 4.78 is 4.98. The number of rotatable bonds is 13. The monoisotopic (exact) mass is 346 g/mol. The zero-order chi connectivity index (χ0) is 18.5. The second-order valence-corrected chi connectivity index (χ2v) is 5.56. The van der Waals surface area contributed by atoms with Crippen molar-refractivity contribution in [1.82, 2.24) is 15.1 Å². The number of aliphatic hydroxyl groups excluding tert-OH is 1. The Morgan fingerprint density at radius 3 is 2.12 bits per heavy atom. The summed E-state index contributed by atoms with van der Waals surface area (Å²) in [7, 11) is 0. The smallest absolute Gasteiger partial charge is 0.337 e. The van der Waals surface area contributed by atoms with Gasteiger partial charge in [0.15, 0.2) is 12.3 Å². The lowest BCUT2D eigenvalue weighted by Crippen LogP contribution is -2.43. The normalized spacial score (nSPS) is 13.8. The van der Waals surface area contributed by atoms with Gasteiger partial charge in [-0.05, 0) is 26.2 Å². The van der Waals surface area contributed by atoms with Gasteiger partial charge >= 0.3 is 5.97 Å². The Kier molecular flexibility index (Phi) is 12.4. The first kappa shape index (κ1) is 22.8. The summed E-state index contributed by atoms with van der Waals surface area (Å²) in [5.74, 6) is -1.25. The number of nitrogens with two attached hydrogens (primary N) is 1. The fraction of sp³-hybridized carbons (Fsp3) is 0.875. The van der Waals surface area contributed by atoms with Crippen molar-refractivity contribution in [2.45, 2.75) is 46.4 Å². The van der Waals surface area contributed by atoms with Crippen LogP contribution in [0.5, 0.6) is 0 Å². The molecule has 2 unspecified atom stereocenters. The fourth-order valence-corrected chi connectivity index (χ4v) is 2.23. The number of carbonyl (C=O) groups excluding carboxylic acids is 2. The molecule has 0 aliphatic heterocycles. The van der Waals surface area contributed by atoms with E-state index >= 15 is 0 Å². The largest absolute Gasteiger partial charge is 0.443 e. The first-order valence-corrected chi connectivity index (χ1v) is 8.73. The first-order chi connectivity index (χ1) is 11.4. The van der Waals surface area contributed by atoms with Gasteiger partial charge in [0, 0.05) is 19.6 Å². The van der Waals surface area contributed by atoms with Gasteiger partial charge < -0.3 is 20.1 Å². The van der Waals surface area contributed by atoms with Crippen molar-refractivity contribution in [3.8, 4) is 0 Å². The van der Waals surface area contributed by atoms with Crippen molar-refractivity contribution < 1.29 is 19.4 Å². The van der Waals surface area contributed by atoms with Crippen LogP contribution in [0, 0.1) is 0 Å². The molecule has 0 aliphatic carbocycles. The topological polar surface area (TPSA) is 108 Å². The van der Waals surface area contributed by atoms with Crippen LogP contribution in [-0.4, -0.2) is 84.9 Å². The molecule has 1 amide bonds. The van der Waals surface area contributed by atoms with Crippen LogP contribution in [0.3, 0.4) is 0 Å².